The van der Waals surface area contributed by atoms with Gasteiger partial charge in [-0.25, -0.2) is 0 Å². The molecule has 0 spiro atoms. The van der Waals surface area contributed by atoms with Crippen molar-refractivity contribution in [2.45, 2.75) is 52.0 Å². The zero-order valence-electron chi connectivity index (χ0n) is 14.4. The van der Waals surface area contributed by atoms with Gasteiger partial charge in [0.1, 0.15) is 5.92 Å². The molecule has 1 aromatic rings. The third-order valence-electron chi connectivity index (χ3n) is 5.47. The molecule has 1 aromatic carbocycles. The number of fused-ring (bicyclic) bond motifs is 2. The first-order valence-corrected chi connectivity index (χ1v) is 8.53. The summed E-state index contributed by atoms with van der Waals surface area (Å²) in [5.41, 5.74) is 1.49. The van der Waals surface area contributed by atoms with E-state index in [2.05, 4.69) is 31.7 Å². The molecule has 122 valence electrons. The van der Waals surface area contributed by atoms with E-state index in [0.29, 0.717) is 23.4 Å². The van der Waals surface area contributed by atoms with Crippen LogP contribution in [0.2, 0.25) is 0 Å². The lowest BCUT2D eigenvalue weighted by molar-refractivity contribution is -0.120. The number of rotatable bonds is 4. The number of benzene rings is 1. The molecular weight excluding hydrogens is 284 g/mol. The van der Waals surface area contributed by atoms with Crippen LogP contribution in [-0.4, -0.2) is 29.8 Å². The number of Topliss-reactive ketones (excluding diaryl/α,β-unsaturated/α-hetero) is 1. The normalized spacial score (nSPS) is 30.6. The number of hydrogen-bond acceptors (Lipinski definition) is 3. The van der Waals surface area contributed by atoms with Crippen molar-refractivity contribution in [2.24, 2.45) is 10.8 Å². The second kappa shape index (κ2) is 5.76. The summed E-state index contributed by atoms with van der Waals surface area (Å²) in [5, 5.41) is 9.46. The van der Waals surface area contributed by atoms with Crippen LogP contribution in [0.5, 0.6) is 0 Å². The summed E-state index contributed by atoms with van der Waals surface area (Å²) in [6, 6.07) is 12.1. The molecule has 0 aromatic heterocycles. The Kier molecular flexibility index (Phi) is 4.06. The molecule has 0 radical (unpaired) electrons. The van der Waals surface area contributed by atoms with Crippen LogP contribution in [0.1, 0.15) is 51.5 Å². The van der Waals surface area contributed by atoms with Gasteiger partial charge in [0.15, 0.2) is 5.78 Å². The highest BCUT2D eigenvalue weighted by Gasteiger charge is 2.49. The van der Waals surface area contributed by atoms with E-state index in [9.17, 15) is 10.1 Å². The van der Waals surface area contributed by atoms with Crippen molar-refractivity contribution in [1.82, 2.24) is 4.90 Å². The van der Waals surface area contributed by atoms with Gasteiger partial charge in [0.2, 0.25) is 0 Å². The molecule has 2 aliphatic rings. The fourth-order valence-corrected chi connectivity index (χ4v) is 5.03. The standard InChI is InChI=1S/C20H26N2O/c1-19(2)9-16-10-20(3,13-19)14-22(16)12-18(23)17(11-21)15-7-5-4-6-8-15/h4-8,16-17H,9-10,12-14H2,1-3H3/t16-,17+,20-/m1/s1. The maximum Gasteiger partial charge on any atom is 0.168 e. The van der Waals surface area contributed by atoms with Gasteiger partial charge < -0.3 is 0 Å². The highest BCUT2D eigenvalue weighted by Crippen LogP contribution is 2.52. The van der Waals surface area contributed by atoms with E-state index >= 15 is 0 Å². The summed E-state index contributed by atoms with van der Waals surface area (Å²) in [6.07, 6.45) is 3.56. The molecule has 0 amide bonds. The summed E-state index contributed by atoms with van der Waals surface area (Å²) < 4.78 is 0. The summed E-state index contributed by atoms with van der Waals surface area (Å²) in [6.45, 7) is 8.42. The predicted octanol–water partition coefficient (Wildman–Crippen LogP) is 3.76. The van der Waals surface area contributed by atoms with E-state index in [4.69, 9.17) is 0 Å². The fraction of sp³-hybridized carbons (Fsp3) is 0.600. The van der Waals surface area contributed by atoms with Crippen molar-refractivity contribution < 1.29 is 4.79 Å². The SMILES string of the molecule is CC1(C)C[C@@H]2C[C@@](C)(CN2CC(=O)[C@@H](C#N)c2ccccc2)C1. The molecule has 3 nitrogen and oxygen atoms in total. The lowest BCUT2D eigenvalue weighted by atomic mass is 9.65. The summed E-state index contributed by atoms with van der Waals surface area (Å²) >= 11 is 0. The van der Waals surface area contributed by atoms with E-state index in [1.807, 2.05) is 30.3 Å². The molecule has 1 heterocycles. The minimum absolute atomic E-state index is 0.0349. The van der Waals surface area contributed by atoms with E-state index in [1.54, 1.807) is 0 Å². The van der Waals surface area contributed by atoms with Gasteiger partial charge >= 0.3 is 0 Å². The second-order valence-corrected chi connectivity index (χ2v) is 8.56. The minimum Gasteiger partial charge on any atom is -0.296 e. The lowest BCUT2D eigenvalue weighted by Crippen LogP contribution is -2.38. The van der Waals surface area contributed by atoms with Crippen molar-refractivity contribution in [3.8, 4) is 6.07 Å². The van der Waals surface area contributed by atoms with Crippen molar-refractivity contribution in [1.29, 1.82) is 5.26 Å². The largest absolute Gasteiger partial charge is 0.296 e. The van der Waals surface area contributed by atoms with Gasteiger partial charge in [-0.05, 0) is 35.7 Å². The Balaban J connectivity index is 1.73. The molecule has 0 N–H and O–H groups in total. The number of carbonyl (C=O) groups is 1. The van der Waals surface area contributed by atoms with Crippen LogP contribution in [0.15, 0.2) is 30.3 Å². The van der Waals surface area contributed by atoms with Gasteiger partial charge in [0.05, 0.1) is 12.6 Å². The zero-order chi connectivity index (χ0) is 16.7. The number of nitriles is 1. The molecule has 0 unspecified atom stereocenters. The quantitative estimate of drug-likeness (QED) is 0.850. The van der Waals surface area contributed by atoms with Gasteiger partial charge in [-0.15, -0.1) is 0 Å². The van der Waals surface area contributed by atoms with Crippen molar-refractivity contribution >= 4 is 5.78 Å². The molecule has 23 heavy (non-hydrogen) atoms. The smallest absolute Gasteiger partial charge is 0.168 e. The van der Waals surface area contributed by atoms with Crippen LogP contribution in [0.3, 0.4) is 0 Å². The van der Waals surface area contributed by atoms with E-state index in [0.717, 1.165) is 18.5 Å². The van der Waals surface area contributed by atoms with Crippen molar-refractivity contribution in [3.05, 3.63) is 35.9 Å². The Labute approximate surface area is 139 Å². The number of carbonyl (C=O) groups excluding carboxylic acids is 1. The lowest BCUT2D eigenvalue weighted by Gasteiger charge is -2.39. The van der Waals surface area contributed by atoms with E-state index < -0.39 is 5.92 Å². The Morgan fingerprint density at radius 1 is 1.30 bits per heavy atom. The molecule has 1 aliphatic heterocycles. The molecule has 3 atom stereocenters. The van der Waals surface area contributed by atoms with Crippen LogP contribution in [0.4, 0.5) is 0 Å². The molecule has 3 heteroatoms. The van der Waals surface area contributed by atoms with Crippen LogP contribution < -0.4 is 0 Å². The molecule has 3 rings (SSSR count). The van der Waals surface area contributed by atoms with Gasteiger partial charge in [0.25, 0.3) is 0 Å². The number of hydrogen-bond donors (Lipinski definition) is 0. The Bertz CT molecular complexity index is 631. The number of likely N-dealkylation sites (tertiary alicyclic amines) is 1. The first-order valence-electron chi connectivity index (χ1n) is 8.53. The molecule has 1 saturated heterocycles. The minimum atomic E-state index is -0.641. The number of nitrogens with zero attached hydrogens (tertiary/aromatic N) is 2. The average molecular weight is 310 g/mol. The maximum absolute atomic E-state index is 12.7. The summed E-state index contributed by atoms with van der Waals surface area (Å²) in [4.78, 5) is 15.1. The molecule has 2 bridgehead atoms. The Morgan fingerprint density at radius 3 is 2.65 bits per heavy atom. The Hall–Kier alpha value is -1.66. The molecule has 2 fully saturated rings. The average Bonchev–Trinajstić information content (AvgIpc) is 2.69. The van der Waals surface area contributed by atoms with Crippen LogP contribution >= 0.6 is 0 Å². The highest BCUT2D eigenvalue weighted by atomic mass is 16.1. The van der Waals surface area contributed by atoms with Crippen molar-refractivity contribution in [2.75, 3.05) is 13.1 Å². The summed E-state index contributed by atoms with van der Waals surface area (Å²) in [5.74, 6) is -0.606. The Morgan fingerprint density at radius 2 is 2.00 bits per heavy atom. The topological polar surface area (TPSA) is 44.1 Å². The van der Waals surface area contributed by atoms with Gasteiger partial charge in [-0.2, -0.15) is 5.26 Å². The van der Waals surface area contributed by atoms with Gasteiger partial charge in [-0.1, -0.05) is 51.1 Å². The fourth-order valence-electron chi connectivity index (χ4n) is 5.03. The molecule has 1 saturated carbocycles. The maximum atomic E-state index is 12.7. The van der Waals surface area contributed by atoms with E-state index in [1.165, 1.54) is 12.8 Å². The van der Waals surface area contributed by atoms with Crippen LogP contribution in [-0.2, 0) is 4.79 Å². The first-order chi connectivity index (χ1) is 10.8. The first kappa shape index (κ1) is 16.2. The third-order valence-corrected chi connectivity index (χ3v) is 5.47. The highest BCUT2D eigenvalue weighted by molar-refractivity contribution is 5.90. The monoisotopic (exact) mass is 310 g/mol. The van der Waals surface area contributed by atoms with Crippen LogP contribution in [0, 0.1) is 22.2 Å². The van der Waals surface area contributed by atoms with Crippen LogP contribution in [0.25, 0.3) is 0 Å². The number of ketones is 1. The summed E-state index contributed by atoms with van der Waals surface area (Å²) in [7, 11) is 0. The van der Waals surface area contributed by atoms with Gasteiger partial charge in [0, 0.05) is 12.6 Å². The van der Waals surface area contributed by atoms with Crippen molar-refractivity contribution in [3.63, 3.8) is 0 Å². The molecular formula is C20H26N2O. The second-order valence-electron chi connectivity index (χ2n) is 8.56. The third kappa shape index (κ3) is 3.33. The van der Waals surface area contributed by atoms with Gasteiger partial charge in [-0.3, -0.25) is 9.69 Å². The zero-order valence-corrected chi connectivity index (χ0v) is 14.4. The predicted molar refractivity (Wildman–Crippen MR) is 90.9 cm³/mol. The molecule has 1 aliphatic carbocycles. The van der Waals surface area contributed by atoms with E-state index in [-0.39, 0.29) is 5.78 Å².